The van der Waals surface area contributed by atoms with Crippen molar-refractivity contribution in [3.63, 3.8) is 0 Å². The number of rotatable bonds is 4. The molecule has 1 aromatic carbocycles. The highest BCUT2D eigenvalue weighted by Crippen LogP contribution is 2.28. The third-order valence-corrected chi connectivity index (χ3v) is 3.67. The van der Waals surface area contributed by atoms with Crippen LogP contribution < -0.4 is 4.74 Å². The van der Waals surface area contributed by atoms with Gasteiger partial charge < -0.3 is 9.47 Å². The van der Waals surface area contributed by atoms with E-state index in [9.17, 15) is 4.79 Å². The lowest BCUT2D eigenvalue weighted by Gasteiger charge is -2.21. The van der Waals surface area contributed by atoms with E-state index in [0.29, 0.717) is 13.2 Å². The molecule has 3 nitrogen and oxygen atoms in total. The van der Waals surface area contributed by atoms with Crippen molar-refractivity contribution in [3.8, 4) is 5.75 Å². The molecule has 0 bridgehead atoms. The van der Waals surface area contributed by atoms with Gasteiger partial charge in [0.2, 0.25) is 0 Å². The van der Waals surface area contributed by atoms with E-state index in [1.54, 1.807) is 0 Å². The van der Waals surface area contributed by atoms with Crippen LogP contribution in [0.25, 0.3) is 0 Å². The van der Waals surface area contributed by atoms with Crippen molar-refractivity contribution in [2.75, 3.05) is 19.8 Å². The Balaban J connectivity index is 2.12. The van der Waals surface area contributed by atoms with Gasteiger partial charge in [-0.3, -0.25) is 4.79 Å². The quantitative estimate of drug-likeness (QED) is 0.799. The van der Waals surface area contributed by atoms with Crippen LogP contribution in [0, 0.1) is 5.92 Å². The van der Waals surface area contributed by atoms with Crippen LogP contribution in [0.5, 0.6) is 5.75 Å². The number of carbonyl (C=O) groups is 1. The van der Waals surface area contributed by atoms with Gasteiger partial charge in [0.15, 0.2) is 5.78 Å². The zero-order valence-electron chi connectivity index (χ0n) is 10.4. The van der Waals surface area contributed by atoms with Crippen molar-refractivity contribution in [2.45, 2.75) is 19.8 Å². The Bertz CT molecular complexity index is 425. The average molecular weight is 313 g/mol. The van der Waals surface area contributed by atoms with Gasteiger partial charge in [0.1, 0.15) is 5.75 Å². The Kier molecular flexibility index (Phi) is 4.78. The summed E-state index contributed by atoms with van der Waals surface area (Å²) < 4.78 is 11.6. The number of hydrogen-bond donors (Lipinski definition) is 0. The molecule has 1 fully saturated rings. The summed E-state index contributed by atoms with van der Waals surface area (Å²) in [6, 6.07) is 5.50. The Morgan fingerprint density at radius 1 is 1.56 bits per heavy atom. The van der Waals surface area contributed by atoms with Gasteiger partial charge in [0, 0.05) is 18.1 Å². The number of halogens is 1. The Labute approximate surface area is 116 Å². The molecule has 0 N–H and O–H groups in total. The van der Waals surface area contributed by atoms with Crippen molar-refractivity contribution in [1.82, 2.24) is 0 Å². The van der Waals surface area contributed by atoms with Gasteiger partial charge in [-0.05, 0) is 53.9 Å². The lowest BCUT2D eigenvalue weighted by molar-refractivity contribution is 0.0461. The first kappa shape index (κ1) is 13.6. The third kappa shape index (κ3) is 3.12. The third-order valence-electron chi connectivity index (χ3n) is 3.05. The molecule has 0 amide bonds. The summed E-state index contributed by atoms with van der Waals surface area (Å²) in [7, 11) is 0. The molecule has 0 spiro atoms. The molecule has 1 aliphatic heterocycles. The summed E-state index contributed by atoms with van der Waals surface area (Å²) in [5.74, 6) is 0.941. The number of carbonyl (C=O) groups excluding carboxylic acids is 1. The Hall–Kier alpha value is -0.870. The van der Waals surface area contributed by atoms with Crippen molar-refractivity contribution >= 4 is 21.7 Å². The normalized spacial score (nSPS) is 19.6. The minimum absolute atomic E-state index is 0.00333. The van der Waals surface area contributed by atoms with Crippen LogP contribution >= 0.6 is 15.9 Å². The molecule has 0 saturated carbocycles. The van der Waals surface area contributed by atoms with Gasteiger partial charge in [-0.15, -0.1) is 0 Å². The Morgan fingerprint density at radius 3 is 3.00 bits per heavy atom. The van der Waals surface area contributed by atoms with Crippen LogP contribution in [0.3, 0.4) is 0 Å². The van der Waals surface area contributed by atoms with Gasteiger partial charge in [-0.1, -0.05) is 0 Å². The molecule has 1 unspecified atom stereocenters. The van der Waals surface area contributed by atoms with E-state index in [1.807, 2.05) is 25.1 Å². The summed E-state index contributed by atoms with van der Waals surface area (Å²) in [4.78, 5) is 12.3. The van der Waals surface area contributed by atoms with Crippen LogP contribution in [-0.4, -0.2) is 25.6 Å². The zero-order valence-corrected chi connectivity index (χ0v) is 12.0. The van der Waals surface area contributed by atoms with Gasteiger partial charge in [-0.2, -0.15) is 0 Å². The van der Waals surface area contributed by atoms with Crippen LogP contribution in [0.4, 0.5) is 0 Å². The second kappa shape index (κ2) is 6.34. The second-order valence-electron chi connectivity index (χ2n) is 4.36. The minimum atomic E-state index is 0.00333. The number of ketones is 1. The summed E-state index contributed by atoms with van der Waals surface area (Å²) in [6.07, 6.45) is 1.89. The number of benzene rings is 1. The second-order valence-corrected chi connectivity index (χ2v) is 5.21. The van der Waals surface area contributed by atoms with E-state index < -0.39 is 0 Å². The molecular formula is C14H17BrO3. The fourth-order valence-electron chi connectivity index (χ4n) is 2.11. The smallest absolute Gasteiger partial charge is 0.168 e. The lowest BCUT2D eigenvalue weighted by atomic mass is 9.93. The molecule has 1 aromatic rings. The molecule has 0 radical (unpaired) electrons. The molecule has 1 saturated heterocycles. The lowest BCUT2D eigenvalue weighted by Crippen LogP contribution is -2.25. The maximum absolute atomic E-state index is 12.3. The molecule has 1 aliphatic rings. The van der Waals surface area contributed by atoms with E-state index in [-0.39, 0.29) is 11.7 Å². The van der Waals surface area contributed by atoms with Crippen LogP contribution in [0.2, 0.25) is 0 Å². The summed E-state index contributed by atoms with van der Waals surface area (Å²) in [6.45, 7) is 3.87. The van der Waals surface area contributed by atoms with E-state index in [1.165, 1.54) is 0 Å². The standard InChI is InChI=1S/C14H17BrO3/c1-2-18-13-6-5-10(8-12(13)15)14(16)11-4-3-7-17-9-11/h5-6,8,11H,2-4,7,9H2,1H3. The predicted octanol–water partition coefficient (Wildman–Crippen LogP) is 3.46. The first-order valence-electron chi connectivity index (χ1n) is 6.26. The SMILES string of the molecule is CCOc1ccc(C(=O)C2CCCOC2)cc1Br. The maximum atomic E-state index is 12.3. The van der Waals surface area contributed by atoms with Crippen LogP contribution in [-0.2, 0) is 4.74 Å². The Morgan fingerprint density at radius 2 is 2.39 bits per heavy atom. The summed E-state index contributed by atoms with van der Waals surface area (Å²) in [5, 5.41) is 0. The molecule has 98 valence electrons. The summed E-state index contributed by atoms with van der Waals surface area (Å²) in [5.41, 5.74) is 0.723. The molecule has 4 heteroatoms. The van der Waals surface area contributed by atoms with Crippen molar-refractivity contribution in [1.29, 1.82) is 0 Å². The number of Topliss-reactive ketones (excluding diaryl/α,β-unsaturated/α-hetero) is 1. The van der Waals surface area contributed by atoms with Gasteiger partial charge >= 0.3 is 0 Å². The highest BCUT2D eigenvalue weighted by Gasteiger charge is 2.23. The van der Waals surface area contributed by atoms with E-state index in [4.69, 9.17) is 9.47 Å². The molecular weight excluding hydrogens is 296 g/mol. The van der Waals surface area contributed by atoms with E-state index in [2.05, 4.69) is 15.9 Å². The predicted molar refractivity (Wildman–Crippen MR) is 73.2 cm³/mol. The fraction of sp³-hybridized carbons (Fsp3) is 0.500. The van der Waals surface area contributed by atoms with E-state index in [0.717, 1.165) is 35.2 Å². The summed E-state index contributed by atoms with van der Waals surface area (Å²) >= 11 is 3.43. The highest BCUT2D eigenvalue weighted by atomic mass is 79.9. The highest BCUT2D eigenvalue weighted by molar-refractivity contribution is 9.10. The largest absolute Gasteiger partial charge is 0.493 e. The van der Waals surface area contributed by atoms with Gasteiger partial charge in [0.05, 0.1) is 17.7 Å². The monoisotopic (exact) mass is 312 g/mol. The minimum Gasteiger partial charge on any atom is -0.493 e. The number of ether oxygens (including phenoxy) is 2. The molecule has 1 atom stereocenters. The van der Waals surface area contributed by atoms with Gasteiger partial charge in [0.25, 0.3) is 0 Å². The van der Waals surface area contributed by atoms with Crippen LogP contribution in [0.15, 0.2) is 22.7 Å². The van der Waals surface area contributed by atoms with E-state index >= 15 is 0 Å². The van der Waals surface area contributed by atoms with Crippen molar-refractivity contribution in [3.05, 3.63) is 28.2 Å². The van der Waals surface area contributed by atoms with Gasteiger partial charge in [-0.25, -0.2) is 0 Å². The molecule has 0 aromatic heterocycles. The molecule has 1 heterocycles. The average Bonchev–Trinajstić information content (AvgIpc) is 2.41. The number of hydrogen-bond acceptors (Lipinski definition) is 3. The first-order chi connectivity index (χ1) is 8.72. The van der Waals surface area contributed by atoms with Crippen molar-refractivity contribution < 1.29 is 14.3 Å². The van der Waals surface area contributed by atoms with Crippen LogP contribution in [0.1, 0.15) is 30.1 Å². The molecule has 0 aliphatic carbocycles. The first-order valence-corrected chi connectivity index (χ1v) is 7.06. The molecule has 2 rings (SSSR count). The van der Waals surface area contributed by atoms with Crippen molar-refractivity contribution in [2.24, 2.45) is 5.92 Å². The zero-order chi connectivity index (χ0) is 13.0. The topological polar surface area (TPSA) is 35.5 Å². The maximum Gasteiger partial charge on any atom is 0.168 e. The fourth-order valence-corrected chi connectivity index (χ4v) is 2.60. The molecule has 18 heavy (non-hydrogen) atoms.